The number of allylic oxidation sites excluding steroid dienone is 1. The lowest BCUT2D eigenvalue weighted by molar-refractivity contribution is 0.0916. The molecule has 1 aliphatic heterocycles. The summed E-state index contributed by atoms with van der Waals surface area (Å²) in [6, 6.07) is 5.71. The zero-order valence-electron chi connectivity index (χ0n) is 10.3. The van der Waals surface area contributed by atoms with Crippen molar-refractivity contribution in [2.75, 3.05) is 13.7 Å². The molecule has 1 unspecified atom stereocenters. The highest BCUT2D eigenvalue weighted by molar-refractivity contribution is 5.39. The molecule has 1 N–H and O–H groups in total. The Kier molecular flexibility index (Phi) is 3.69. The van der Waals surface area contributed by atoms with E-state index in [1.54, 1.807) is 7.11 Å². The molecule has 3 nitrogen and oxygen atoms in total. The van der Waals surface area contributed by atoms with E-state index in [-0.39, 0.29) is 0 Å². The predicted molar refractivity (Wildman–Crippen MR) is 66.0 cm³/mol. The Morgan fingerprint density at radius 2 is 2.24 bits per heavy atom. The molecule has 3 heteroatoms. The van der Waals surface area contributed by atoms with E-state index in [9.17, 15) is 5.11 Å². The molecule has 0 spiro atoms. The molecule has 0 aromatic heterocycles. The highest BCUT2D eigenvalue weighted by Crippen LogP contribution is 2.29. The van der Waals surface area contributed by atoms with Crippen LogP contribution in [0.5, 0.6) is 5.75 Å². The summed E-state index contributed by atoms with van der Waals surface area (Å²) in [6.45, 7) is 2.66. The minimum absolute atomic E-state index is 0.655. The van der Waals surface area contributed by atoms with Crippen molar-refractivity contribution in [3.8, 4) is 5.75 Å². The number of methoxy groups -OCH3 is 1. The van der Waals surface area contributed by atoms with Gasteiger partial charge in [-0.3, -0.25) is 0 Å². The Balaban J connectivity index is 2.24. The number of hydrogen-bond donors (Lipinski definition) is 1. The highest BCUT2D eigenvalue weighted by Gasteiger charge is 2.17. The first-order chi connectivity index (χ1) is 8.22. The average Bonchev–Trinajstić information content (AvgIpc) is 2.39. The summed E-state index contributed by atoms with van der Waals surface area (Å²) in [5.74, 6) is 1.44. The van der Waals surface area contributed by atoms with Gasteiger partial charge in [0.15, 0.2) is 0 Å². The van der Waals surface area contributed by atoms with Crippen molar-refractivity contribution >= 4 is 0 Å². The Morgan fingerprint density at radius 3 is 2.88 bits per heavy atom. The molecule has 92 valence electrons. The van der Waals surface area contributed by atoms with Crippen molar-refractivity contribution in [3.05, 3.63) is 41.2 Å². The van der Waals surface area contributed by atoms with Crippen LogP contribution in [-0.2, 0) is 4.74 Å². The van der Waals surface area contributed by atoms with Crippen LogP contribution in [0.1, 0.15) is 30.1 Å². The summed E-state index contributed by atoms with van der Waals surface area (Å²) < 4.78 is 10.7. The second-order valence-electron chi connectivity index (χ2n) is 4.23. The maximum absolute atomic E-state index is 10.2. The van der Waals surface area contributed by atoms with E-state index in [0.717, 1.165) is 29.7 Å². The minimum Gasteiger partial charge on any atom is -0.496 e. The summed E-state index contributed by atoms with van der Waals surface area (Å²) in [7, 11) is 1.63. The van der Waals surface area contributed by atoms with Crippen molar-refractivity contribution in [1.29, 1.82) is 0 Å². The van der Waals surface area contributed by atoms with Crippen LogP contribution in [0.2, 0.25) is 0 Å². The SMILES string of the molecule is COc1cc(C(O)C2=CCCCO2)ccc1C. The molecule has 1 aliphatic rings. The third-order valence-corrected chi connectivity index (χ3v) is 2.98. The maximum atomic E-state index is 10.2. The second kappa shape index (κ2) is 5.23. The smallest absolute Gasteiger partial charge is 0.136 e. The van der Waals surface area contributed by atoms with Crippen LogP contribution in [0, 0.1) is 6.92 Å². The zero-order valence-corrected chi connectivity index (χ0v) is 10.3. The molecule has 1 atom stereocenters. The van der Waals surface area contributed by atoms with Gasteiger partial charge in [-0.2, -0.15) is 0 Å². The highest BCUT2D eigenvalue weighted by atomic mass is 16.5. The lowest BCUT2D eigenvalue weighted by Crippen LogP contribution is -2.10. The van der Waals surface area contributed by atoms with Crippen LogP contribution >= 0.6 is 0 Å². The van der Waals surface area contributed by atoms with Gasteiger partial charge in [0.05, 0.1) is 13.7 Å². The fourth-order valence-electron chi connectivity index (χ4n) is 1.94. The summed E-state index contributed by atoms with van der Waals surface area (Å²) in [5.41, 5.74) is 1.86. The Bertz CT molecular complexity index is 423. The van der Waals surface area contributed by atoms with Gasteiger partial charge in [-0.15, -0.1) is 0 Å². The van der Waals surface area contributed by atoms with Crippen LogP contribution in [0.15, 0.2) is 30.0 Å². The quantitative estimate of drug-likeness (QED) is 0.874. The number of rotatable bonds is 3. The lowest BCUT2D eigenvalue weighted by atomic mass is 10.0. The monoisotopic (exact) mass is 234 g/mol. The van der Waals surface area contributed by atoms with Gasteiger partial charge in [0.2, 0.25) is 0 Å². The zero-order chi connectivity index (χ0) is 12.3. The van der Waals surface area contributed by atoms with Gasteiger partial charge >= 0.3 is 0 Å². The van der Waals surface area contributed by atoms with Gasteiger partial charge in [0.25, 0.3) is 0 Å². The van der Waals surface area contributed by atoms with Gasteiger partial charge in [-0.05, 0) is 43.0 Å². The third-order valence-electron chi connectivity index (χ3n) is 2.98. The van der Waals surface area contributed by atoms with Gasteiger partial charge in [0.1, 0.15) is 17.6 Å². The molecule has 1 heterocycles. The lowest BCUT2D eigenvalue weighted by Gasteiger charge is -2.20. The molecule has 0 saturated carbocycles. The molecule has 0 aliphatic carbocycles. The van der Waals surface area contributed by atoms with E-state index in [2.05, 4.69) is 0 Å². The first-order valence-electron chi connectivity index (χ1n) is 5.88. The molecule has 1 aromatic carbocycles. The van der Waals surface area contributed by atoms with Gasteiger partial charge < -0.3 is 14.6 Å². The number of aryl methyl sites for hydroxylation is 1. The summed E-state index contributed by atoms with van der Waals surface area (Å²) in [5, 5.41) is 10.2. The second-order valence-corrected chi connectivity index (χ2v) is 4.23. The van der Waals surface area contributed by atoms with Crippen molar-refractivity contribution in [3.63, 3.8) is 0 Å². The topological polar surface area (TPSA) is 38.7 Å². The molecular formula is C14H18O3. The summed E-state index contributed by atoms with van der Waals surface area (Å²) >= 11 is 0. The minimum atomic E-state index is -0.690. The number of aliphatic hydroxyl groups is 1. The van der Waals surface area contributed by atoms with E-state index < -0.39 is 6.10 Å². The van der Waals surface area contributed by atoms with Crippen molar-refractivity contribution in [2.24, 2.45) is 0 Å². The molecule has 0 bridgehead atoms. The fraction of sp³-hybridized carbons (Fsp3) is 0.429. The number of benzene rings is 1. The van der Waals surface area contributed by atoms with Gasteiger partial charge in [0, 0.05) is 0 Å². The van der Waals surface area contributed by atoms with E-state index >= 15 is 0 Å². The van der Waals surface area contributed by atoms with Crippen LogP contribution in [0.25, 0.3) is 0 Å². The van der Waals surface area contributed by atoms with Crippen molar-refractivity contribution in [1.82, 2.24) is 0 Å². The average molecular weight is 234 g/mol. The summed E-state index contributed by atoms with van der Waals surface area (Å²) in [6.07, 6.45) is 3.26. The molecule has 1 aromatic rings. The third kappa shape index (κ3) is 2.61. The van der Waals surface area contributed by atoms with E-state index in [1.165, 1.54) is 0 Å². The van der Waals surface area contributed by atoms with E-state index in [1.807, 2.05) is 31.2 Å². The standard InChI is InChI=1S/C14H18O3/c1-10-6-7-11(9-13(10)16-2)14(15)12-5-3-4-8-17-12/h5-7,9,14-15H,3-4,8H2,1-2H3. The van der Waals surface area contributed by atoms with Gasteiger partial charge in [-0.25, -0.2) is 0 Å². The molecule has 17 heavy (non-hydrogen) atoms. The Morgan fingerprint density at radius 1 is 1.41 bits per heavy atom. The summed E-state index contributed by atoms with van der Waals surface area (Å²) in [4.78, 5) is 0. The number of ether oxygens (including phenoxy) is 2. The van der Waals surface area contributed by atoms with E-state index in [0.29, 0.717) is 12.4 Å². The van der Waals surface area contributed by atoms with Crippen LogP contribution in [-0.4, -0.2) is 18.8 Å². The van der Waals surface area contributed by atoms with Crippen LogP contribution < -0.4 is 4.74 Å². The first-order valence-corrected chi connectivity index (χ1v) is 5.88. The Hall–Kier alpha value is -1.48. The van der Waals surface area contributed by atoms with Crippen molar-refractivity contribution in [2.45, 2.75) is 25.9 Å². The van der Waals surface area contributed by atoms with Crippen LogP contribution in [0.3, 0.4) is 0 Å². The molecule has 0 fully saturated rings. The molecular weight excluding hydrogens is 216 g/mol. The fourth-order valence-corrected chi connectivity index (χ4v) is 1.94. The van der Waals surface area contributed by atoms with Gasteiger partial charge in [-0.1, -0.05) is 12.1 Å². The van der Waals surface area contributed by atoms with E-state index in [4.69, 9.17) is 9.47 Å². The first kappa shape index (κ1) is 12.0. The number of aliphatic hydroxyl groups excluding tert-OH is 1. The molecule has 0 saturated heterocycles. The van der Waals surface area contributed by atoms with Crippen LogP contribution in [0.4, 0.5) is 0 Å². The Labute approximate surface area is 102 Å². The number of hydrogen-bond acceptors (Lipinski definition) is 3. The largest absolute Gasteiger partial charge is 0.496 e. The molecule has 0 amide bonds. The predicted octanol–water partition coefficient (Wildman–Crippen LogP) is 2.73. The molecule has 2 rings (SSSR count). The van der Waals surface area contributed by atoms with Crippen molar-refractivity contribution < 1.29 is 14.6 Å². The normalized spacial score (nSPS) is 17.0. The molecule has 0 radical (unpaired) electrons. The maximum Gasteiger partial charge on any atom is 0.136 e.